The minimum Gasteiger partial charge on any atom is -0.457 e. The van der Waals surface area contributed by atoms with E-state index in [9.17, 15) is 18.8 Å². The molecule has 0 saturated heterocycles. The topological polar surface area (TPSA) is 81.7 Å². The van der Waals surface area contributed by atoms with E-state index < -0.39 is 11.9 Å². The van der Waals surface area contributed by atoms with Gasteiger partial charge in [-0.3, -0.25) is 9.59 Å². The largest absolute Gasteiger partial charge is 0.457 e. The van der Waals surface area contributed by atoms with Gasteiger partial charge in [0.15, 0.2) is 5.78 Å². The lowest BCUT2D eigenvalue weighted by Gasteiger charge is -2.31. The number of fused-ring (bicyclic) bond motifs is 1. The number of Topliss-reactive ketones (excluding diaryl/α,β-unsaturated/α-hetero) is 2. The molecule has 0 spiro atoms. The standard InChI is InChI=1S/C27H16FNO5/c28-15-7-11-17(12-8-15)34-16-9-5-14(6-10-16)21-22-20(13-33-27(22)32)29-24-23(21)25(30)18-3-1-2-4-19(18)26(24)31/h1-12,21,29H,13H2. The fourth-order valence-corrected chi connectivity index (χ4v) is 4.60. The number of dihydropyridines is 1. The van der Waals surface area contributed by atoms with E-state index in [0.717, 1.165) is 0 Å². The highest BCUT2D eigenvalue weighted by molar-refractivity contribution is 6.28. The van der Waals surface area contributed by atoms with Crippen LogP contribution in [0.2, 0.25) is 0 Å². The van der Waals surface area contributed by atoms with E-state index in [-0.39, 0.29) is 35.3 Å². The van der Waals surface area contributed by atoms with Crippen molar-refractivity contribution in [2.45, 2.75) is 5.92 Å². The van der Waals surface area contributed by atoms with E-state index in [1.807, 2.05) is 0 Å². The fraction of sp³-hybridized carbons (Fsp3) is 0.0741. The van der Waals surface area contributed by atoms with Crippen LogP contribution in [0.1, 0.15) is 32.2 Å². The maximum Gasteiger partial charge on any atom is 0.337 e. The third-order valence-corrected chi connectivity index (χ3v) is 6.17. The molecule has 3 aliphatic rings. The van der Waals surface area contributed by atoms with Crippen molar-refractivity contribution >= 4 is 17.5 Å². The molecule has 0 aromatic heterocycles. The van der Waals surface area contributed by atoms with Crippen molar-refractivity contribution in [2.24, 2.45) is 0 Å². The van der Waals surface area contributed by atoms with E-state index in [4.69, 9.17) is 9.47 Å². The third kappa shape index (κ3) is 3.05. The first-order valence-corrected chi connectivity index (χ1v) is 10.6. The fourth-order valence-electron chi connectivity index (χ4n) is 4.60. The lowest BCUT2D eigenvalue weighted by atomic mass is 9.73. The zero-order chi connectivity index (χ0) is 23.4. The Hall–Kier alpha value is -4.52. The summed E-state index contributed by atoms with van der Waals surface area (Å²) >= 11 is 0. The van der Waals surface area contributed by atoms with Crippen molar-refractivity contribution in [2.75, 3.05) is 6.61 Å². The number of esters is 1. The van der Waals surface area contributed by atoms with Gasteiger partial charge < -0.3 is 14.8 Å². The van der Waals surface area contributed by atoms with Crippen LogP contribution in [0.3, 0.4) is 0 Å². The van der Waals surface area contributed by atoms with Gasteiger partial charge in [0.25, 0.3) is 0 Å². The molecule has 0 radical (unpaired) electrons. The summed E-state index contributed by atoms with van der Waals surface area (Å²) in [5.41, 5.74) is 2.50. The number of nitrogens with one attached hydrogen (secondary N) is 1. The molecule has 2 heterocycles. The first-order chi connectivity index (χ1) is 16.5. The van der Waals surface area contributed by atoms with Crippen LogP contribution < -0.4 is 10.1 Å². The van der Waals surface area contributed by atoms with Crippen LogP contribution >= 0.6 is 0 Å². The Bertz CT molecular complexity index is 1450. The van der Waals surface area contributed by atoms with Gasteiger partial charge in [0.2, 0.25) is 5.78 Å². The Morgan fingerprint density at radius 2 is 1.41 bits per heavy atom. The number of carbonyl (C=O) groups is 3. The second-order valence-electron chi connectivity index (χ2n) is 8.14. The smallest absolute Gasteiger partial charge is 0.337 e. The van der Waals surface area contributed by atoms with Gasteiger partial charge in [-0.05, 0) is 42.0 Å². The summed E-state index contributed by atoms with van der Waals surface area (Å²) in [6, 6.07) is 19.2. The predicted molar refractivity (Wildman–Crippen MR) is 119 cm³/mol. The van der Waals surface area contributed by atoms with Crippen LogP contribution in [-0.4, -0.2) is 24.1 Å². The van der Waals surface area contributed by atoms with Gasteiger partial charge in [-0.15, -0.1) is 0 Å². The summed E-state index contributed by atoms with van der Waals surface area (Å²) in [6.07, 6.45) is 0. The molecular weight excluding hydrogens is 437 g/mol. The average molecular weight is 453 g/mol. The maximum absolute atomic E-state index is 13.5. The summed E-state index contributed by atoms with van der Waals surface area (Å²) in [4.78, 5) is 39.4. The number of carbonyl (C=O) groups excluding carboxylic acids is 3. The highest BCUT2D eigenvalue weighted by atomic mass is 19.1. The summed E-state index contributed by atoms with van der Waals surface area (Å²) in [7, 11) is 0. The second kappa shape index (κ2) is 7.52. The number of halogens is 1. The molecule has 7 heteroatoms. The van der Waals surface area contributed by atoms with E-state index in [1.165, 1.54) is 24.3 Å². The Balaban J connectivity index is 1.42. The second-order valence-corrected chi connectivity index (χ2v) is 8.14. The Kier molecular flexibility index (Phi) is 4.45. The Morgan fingerprint density at radius 3 is 2.09 bits per heavy atom. The number of cyclic esters (lactones) is 1. The molecule has 3 aromatic carbocycles. The first-order valence-electron chi connectivity index (χ1n) is 10.6. The molecule has 2 aliphatic heterocycles. The van der Waals surface area contributed by atoms with Crippen LogP contribution in [0.5, 0.6) is 11.5 Å². The van der Waals surface area contributed by atoms with Gasteiger partial charge >= 0.3 is 5.97 Å². The van der Waals surface area contributed by atoms with Gasteiger partial charge in [0, 0.05) is 22.6 Å². The van der Waals surface area contributed by atoms with Gasteiger partial charge in [0.05, 0.1) is 17.0 Å². The zero-order valence-corrected chi connectivity index (χ0v) is 17.6. The van der Waals surface area contributed by atoms with Crippen LogP contribution in [0.15, 0.2) is 95.3 Å². The van der Waals surface area contributed by atoms with Gasteiger partial charge in [-0.2, -0.15) is 0 Å². The lowest BCUT2D eigenvalue weighted by molar-refractivity contribution is -0.136. The monoisotopic (exact) mass is 453 g/mol. The quantitative estimate of drug-likeness (QED) is 0.591. The number of benzene rings is 3. The van der Waals surface area contributed by atoms with E-state index in [2.05, 4.69) is 5.32 Å². The molecule has 1 atom stereocenters. The number of ether oxygens (including phenoxy) is 2. The van der Waals surface area contributed by atoms with Crippen LogP contribution in [0, 0.1) is 5.82 Å². The van der Waals surface area contributed by atoms with Crippen LogP contribution in [0.4, 0.5) is 4.39 Å². The van der Waals surface area contributed by atoms with Crippen LogP contribution in [0.25, 0.3) is 0 Å². The molecule has 0 amide bonds. The molecule has 3 aromatic rings. The van der Waals surface area contributed by atoms with Crippen molar-refractivity contribution < 1.29 is 28.2 Å². The number of hydrogen-bond donors (Lipinski definition) is 1. The first kappa shape index (κ1) is 20.1. The van der Waals surface area contributed by atoms with E-state index >= 15 is 0 Å². The maximum atomic E-state index is 13.5. The summed E-state index contributed by atoms with van der Waals surface area (Å²) < 4.78 is 24.1. The summed E-state index contributed by atoms with van der Waals surface area (Å²) in [5.74, 6) is -1.28. The Morgan fingerprint density at radius 1 is 0.794 bits per heavy atom. The summed E-state index contributed by atoms with van der Waals surface area (Å²) in [5, 5.41) is 3.00. The highest BCUT2D eigenvalue weighted by Crippen LogP contribution is 2.45. The molecule has 6 nitrogen and oxygen atoms in total. The van der Waals surface area contributed by atoms with E-state index in [0.29, 0.717) is 39.5 Å². The molecule has 1 aliphatic carbocycles. The predicted octanol–water partition coefficient (Wildman–Crippen LogP) is 4.45. The molecule has 34 heavy (non-hydrogen) atoms. The lowest BCUT2D eigenvalue weighted by Crippen LogP contribution is -2.37. The minimum atomic E-state index is -0.758. The molecule has 166 valence electrons. The van der Waals surface area contributed by atoms with Crippen molar-refractivity contribution in [3.05, 3.63) is 118 Å². The number of rotatable bonds is 3. The number of hydrogen-bond acceptors (Lipinski definition) is 6. The van der Waals surface area contributed by atoms with E-state index in [1.54, 1.807) is 48.5 Å². The van der Waals surface area contributed by atoms with Crippen molar-refractivity contribution in [3.8, 4) is 11.5 Å². The average Bonchev–Trinajstić information content (AvgIpc) is 3.23. The van der Waals surface area contributed by atoms with Crippen molar-refractivity contribution in [3.63, 3.8) is 0 Å². The molecular formula is C27H16FNO5. The third-order valence-electron chi connectivity index (χ3n) is 6.17. The number of ketones is 2. The minimum absolute atomic E-state index is 0.0102. The molecule has 1 unspecified atom stereocenters. The zero-order valence-electron chi connectivity index (χ0n) is 17.6. The van der Waals surface area contributed by atoms with Gasteiger partial charge in [-0.1, -0.05) is 36.4 Å². The molecule has 0 bridgehead atoms. The molecule has 1 N–H and O–H groups in total. The Labute approximate surface area is 193 Å². The number of allylic oxidation sites excluding steroid dienone is 2. The highest BCUT2D eigenvalue weighted by Gasteiger charge is 2.46. The van der Waals surface area contributed by atoms with Crippen molar-refractivity contribution in [1.29, 1.82) is 0 Å². The molecule has 0 fully saturated rings. The summed E-state index contributed by atoms with van der Waals surface area (Å²) in [6.45, 7) is 0.0102. The van der Waals surface area contributed by atoms with Crippen molar-refractivity contribution in [1.82, 2.24) is 5.32 Å². The van der Waals surface area contributed by atoms with Gasteiger partial charge in [0.1, 0.15) is 23.9 Å². The molecule has 6 rings (SSSR count). The van der Waals surface area contributed by atoms with Crippen LogP contribution in [-0.2, 0) is 9.53 Å². The normalized spacial score (nSPS) is 18.7. The van der Waals surface area contributed by atoms with Gasteiger partial charge in [-0.25, -0.2) is 9.18 Å². The molecule has 0 saturated carbocycles. The SMILES string of the molecule is O=C1OCC2=C1C(c1ccc(Oc3ccc(F)cc3)cc1)C1=C(N2)C(=O)c2ccccc2C1=O.